The molecule has 1 aromatic carbocycles. The summed E-state index contributed by atoms with van der Waals surface area (Å²) < 4.78 is 0. The number of benzene rings is 1. The van der Waals surface area contributed by atoms with E-state index in [0.717, 1.165) is 22.8 Å². The number of hydrogen-bond donors (Lipinski definition) is 1. The molecule has 1 heterocycles. The van der Waals surface area contributed by atoms with E-state index in [1.807, 2.05) is 44.6 Å². The zero-order valence-corrected chi connectivity index (χ0v) is 12.1. The normalized spacial score (nSPS) is 16.5. The van der Waals surface area contributed by atoms with Crippen LogP contribution in [0.1, 0.15) is 31.9 Å². The molecule has 0 saturated carbocycles. The van der Waals surface area contributed by atoms with Gasteiger partial charge in [-0.3, -0.25) is 4.98 Å². The predicted octanol–water partition coefficient (Wildman–Crippen LogP) is 3.00. The second-order valence-electron chi connectivity index (χ2n) is 5.46. The Balaban J connectivity index is 2.55. The zero-order valence-electron chi connectivity index (χ0n) is 12.1. The van der Waals surface area contributed by atoms with Crippen molar-refractivity contribution in [3.8, 4) is 0 Å². The molecular formula is C16H22N2O. The highest BCUT2D eigenvalue weighted by atomic mass is 16.3. The van der Waals surface area contributed by atoms with Gasteiger partial charge in [0, 0.05) is 28.9 Å². The largest absolute Gasteiger partial charge is 0.386 e. The monoisotopic (exact) mass is 258 g/mol. The molecule has 0 aliphatic rings. The number of fused-ring (bicyclic) bond motifs is 1. The average Bonchev–Trinajstić information content (AvgIpc) is 2.44. The summed E-state index contributed by atoms with van der Waals surface area (Å²) in [6.45, 7) is 4.18. The fourth-order valence-corrected chi connectivity index (χ4v) is 2.45. The Morgan fingerprint density at radius 1 is 1.26 bits per heavy atom. The quantitative estimate of drug-likeness (QED) is 0.916. The Kier molecular flexibility index (Phi) is 3.88. The maximum absolute atomic E-state index is 10.8. The highest BCUT2D eigenvalue weighted by molar-refractivity contribution is 5.85. The first-order chi connectivity index (χ1) is 9.00. The van der Waals surface area contributed by atoms with E-state index in [2.05, 4.69) is 23.7 Å². The lowest BCUT2D eigenvalue weighted by Crippen LogP contribution is -2.46. The minimum atomic E-state index is -0.564. The highest BCUT2D eigenvalue weighted by Gasteiger charge is 2.35. The van der Waals surface area contributed by atoms with Crippen molar-refractivity contribution in [1.29, 1.82) is 0 Å². The molecule has 102 valence electrons. The van der Waals surface area contributed by atoms with Crippen molar-refractivity contribution in [1.82, 2.24) is 9.88 Å². The molecule has 2 aromatic rings. The number of likely N-dealkylation sites (N-methyl/N-ethyl adjacent to an activating group) is 1. The summed E-state index contributed by atoms with van der Waals surface area (Å²) in [5.74, 6) is 0. The first-order valence-corrected chi connectivity index (χ1v) is 6.69. The van der Waals surface area contributed by atoms with E-state index in [4.69, 9.17) is 0 Å². The van der Waals surface area contributed by atoms with Crippen molar-refractivity contribution >= 4 is 10.8 Å². The molecule has 0 spiro atoms. The summed E-state index contributed by atoms with van der Waals surface area (Å²) in [6, 6.07) is 8.06. The van der Waals surface area contributed by atoms with Crippen LogP contribution in [0, 0.1) is 0 Å². The third kappa shape index (κ3) is 2.36. The Labute approximate surface area is 114 Å². The average molecular weight is 258 g/mol. The number of aliphatic hydroxyl groups is 1. The number of aromatic nitrogens is 1. The third-order valence-corrected chi connectivity index (χ3v) is 4.32. The molecule has 3 heteroatoms. The van der Waals surface area contributed by atoms with Crippen LogP contribution < -0.4 is 0 Å². The van der Waals surface area contributed by atoms with Gasteiger partial charge in [-0.1, -0.05) is 31.2 Å². The Morgan fingerprint density at radius 3 is 2.58 bits per heavy atom. The summed E-state index contributed by atoms with van der Waals surface area (Å²) in [5, 5.41) is 13.0. The number of hydrogen-bond acceptors (Lipinski definition) is 3. The van der Waals surface area contributed by atoms with Gasteiger partial charge in [0.2, 0.25) is 0 Å². The van der Waals surface area contributed by atoms with E-state index in [1.54, 1.807) is 6.20 Å². The van der Waals surface area contributed by atoms with E-state index >= 15 is 0 Å². The Hall–Kier alpha value is -1.45. The summed E-state index contributed by atoms with van der Waals surface area (Å²) in [5.41, 5.74) is 0.599. The molecule has 2 rings (SSSR count). The van der Waals surface area contributed by atoms with E-state index < -0.39 is 6.10 Å². The number of rotatable bonds is 4. The van der Waals surface area contributed by atoms with Gasteiger partial charge in [-0.15, -0.1) is 0 Å². The van der Waals surface area contributed by atoms with Gasteiger partial charge in [0.05, 0.1) is 6.10 Å². The van der Waals surface area contributed by atoms with Gasteiger partial charge in [-0.25, -0.2) is 0 Å². The van der Waals surface area contributed by atoms with Gasteiger partial charge < -0.3 is 10.0 Å². The minimum Gasteiger partial charge on any atom is -0.386 e. The maximum atomic E-state index is 10.8. The third-order valence-electron chi connectivity index (χ3n) is 4.32. The van der Waals surface area contributed by atoms with Crippen LogP contribution in [-0.2, 0) is 0 Å². The van der Waals surface area contributed by atoms with Crippen LogP contribution in [-0.4, -0.2) is 34.6 Å². The number of nitrogens with zero attached hydrogens (tertiary/aromatic N) is 2. The summed E-state index contributed by atoms with van der Waals surface area (Å²) >= 11 is 0. The van der Waals surface area contributed by atoms with Crippen molar-refractivity contribution in [2.24, 2.45) is 0 Å². The molecule has 2 unspecified atom stereocenters. The predicted molar refractivity (Wildman–Crippen MR) is 79.1 cm³/mol. The van der Waals surface area contributed by atoms with E-state index in [-0.39, 0.29) is 5.54 Å². The molecule has 1 N–H and O–H groups in total. The molecule has 3 nitrogen and oxygen atoms in total. The van der Waals surface area contributed by atoms with Crippen LogP contribution >= 0.6 is 0 Å². The number of aliphatic hydroxyl groups excluding tert-OH is 1. The van der Waals surface area contributed by atoms with Crippen molar-refractivity contribution in [2.75, 3.05) is 14.1 Å². The van der Waals surface area contributed by atoms with Gasteiger partial charge in [0.25, 0.3) is 0 Å². The van der Waals surface area contributed by atoms with Crippen molar-refractivity contribution < 1.29 is 5.11 Å². The van der Waals surface area contributed by atoms with E-state index in [1.165, 1.54) is 0 Å². The van der Waals surface area contributed by atoms with Crippen LogP contribution in [0.3, 0.4) is 0 Å². The van der Waals surface area contributed by atoms with Crippen molar-refractivity contribution in [3.05, 3.63) is 42.2 Å². The molecule has 0 aliphatic carbocycles. The van der Waals surface area contributed by atoms with E-state index in [0.29, 0.717) is 0 Å². The van der Waals surface area contributed by atoms with Gasteiger partial charge in [0.1, 0.15) is 0 Å². The lowest BCUT2D eigenvalue weighted by atomic mass is 9.85. The smallest absolute Gasteiger partial charge is 0.0991 e. The molecule has 0 radical (unpaired) electrons. The molecule has 1 aromatic heterocycles. The van der Waals surface area contributed by atoms with Crippen molar-refractivity contribution in [3.63, 3.8) is 0 Å². The van der Waals surface area contributed by atoms with Crippen molar-refractivity contribution in [2.45, 2.75) is 31.9 Å². The molecule has 0 fully saturated rings. The van der Waals surface area contributed by atoms with Gasteiger partial charge >= 0.3 is 0 Å². The fraction of sp³-hybridized carbons (Fsp3) is 0.438. The molecular weight excluding hydrogens is 236 g/mol. The topological polar surface area (TPSA) is 36.4 Å². The zero-order chi connectivity index (χ0) is 14.0. The lowest BCUT2D eigenvalue weighted by Gasteiger charge is -2.40. The molecule has 0 aliphatic heterocycles. The lowest BCUT2D eigenvalue weighted by molar-refractivity contribution is 0.00158. The Bertz CT molecular complexity index is 562. The fourth-order valence-electron chi connectivity index (χ4n) is 2.45. The maximum Gasteiger partial charge on any atom is 0.0991 e. The summed E-state index contributed by atoms with van der Waals surface area (Å²) in [7, 11) is 4.01. The first-order valence-electron chi connectivity index (χ1n) is 6.69. The second kappa shape index (κ2) is 5.27. The highest BCUT2D eigenvalue weighted by Crippen LogP contribution is 2.35. The summed E-state index contributed by atoms with van der Waals surface area (Å²) in [6.07, 6.45) is 3.92. The molecule has 0 saturated heterocycles. The molecule has 2 atom stereocenters. The van der Waals surface area contributed by atoms with Gasteiger partial charge in [0.15, 0.2) is 0 Å². The Morgan fingerprint density at radius 2 is 1.95 bits per heavy atom. The first kappa shape index (κ1) is 14.0. The van der Waals surface area contributed by atoms with Crippen LogP contribution in [0.2, 0.25) is 0 Å². The molecule has 19 heavy (non-hydrogen) atoms. The van der Waals surface area contributed by atoms with E-state index in [9.17, 15) is 5.11 Å². The minimum absolute atomic E-state index is 0.300. The summed E-state index contributed by atoms with van der Waals surface area (Å²) in [4.78, 5) is 6.35. The van der Waals surface area contributed by atoms with Crippen LogP contribution in [0.5, 0.6) is 0 Å². The van der Waals surface area contributed by atoms with Crippen LogP contribution in [0.4, 0.5) is 0 Å². The number of pyridine rings is 1. The second-order valence-corrected chi connectivity index (χ2v) is 5.46. The van der Waals surface area contributed by atoms with Gasteiger partial charge in [-0.2, -0.15) is 0 Å². The molecule has 0 amide bonds. The molecule has 0 bridgehead atoms. The van der Waals surface area contributed by atoms with Crippen LogP contribution in [0.25, 0.3) is 10.8 Å². The van der Waals surface area contributed by atoms with Crippen LogP contribution in [0.15, 0.2) is 36.7 Å². The standard InChI is InChI=1S/C16H22N2O/c1-5-16(2,18(3)4)15(19)14-11-17-10-12-8-6-7-9-13(12)14/h6-11,15,19H,5H2,1-4H3. The SMILES string of the molecule is CCC(C)(C(O)c1cncc2ccccc12)N(C)C. The van der Waals surface area contributed by atoms with Gasteiger partial charge in [-0.05, 0) is 32.8 Å².